The van der Waals surface area contributed by atoms with Crippen LogP contribution in [0.3, 0.4) is 0 Å². The molecule has 0 bridgehead atoms. The number of hydrogen-bond acceptors (Lipinski definition) is 3. The van der Waals surface area contributed by atoms with Crippen LogP contribution >= 0.6 is 0 Å². The van der Waals surface area contributed by atoms with Crippen LogP contribution in [0.2, 0.25) is 0 Å². The lowest BCUT2D eigenvalue weighted by Gasteiger charge is -2.34. The molecule has 0 heterocycles. The van der Waals surface area contributed by atoms with E-state index in [0.717, 1.165) is 12.8 Å². The van der Waals surface area contributed by atoms with Crippen LogP contribution in [0.15, 0.2) is 0 Å². The van der Waals surface area contributed by atoms with E-state index in [1.807, 2.05) is 0 Å². The van der Waals surface area contributed by atoms with Gasteiger partial charge in [-0.1, -0.05) is 0 Å². The van der Waals surface area contributed by atoms with Gasteiger partial charge in [-0.25, -0.2) is 4.79 Å². The van der Waals surface area contributed by atoms with Gasteiger partial charge in [-0.15, -0.1) is 0 Å². The molecule has 0 saturated heterocycles. The Morgan fingerprint density at radius 1 is 1.53 bits per heavy atom. The van der Waals surface area contributed by atoms with E-state index in [1.165, 1.54) is 13.5 Å². The summed E-state index contributed by atoms with van der Waals surface area (Å²) in [5.41, 5.74) is 0. The van der Waals surface area contributed by atoms with Crippen molar-refractivity contribution in [2.75, 3.05) is 20.7 Å². The van der Waals surface area contributed by atoms with E-state index in [2.05, 4.69) is 5.32 Å². The summed E-state index contributed by atoms with van der Waals surface area (Å²) in [6, 6.07) is 0.164. The van der Waals surface area contributed by atoms with Crippen LogP contribution in [0, 0.1) is 0 Å². The minimum absolute atomic E-state index is 0.107. The van der Waals surface area contributed by atoms with E-state index in [1.54, 1.807) is 11.9 Å². The Kier molecular flexibility index (Phi) is 5.21. The van der Waals surface area contributed by atoms with Crippen LogP contribution in [-0.4, -0.2) is 54.9 Å². The van der Waals surface area contributed by atoms with Crippen LogP contribution in [-0.2, 0) is 9.53 Å². The average Bonchev–Trinajstić information content (AvgIpc) is 2.20. The first-order chi connectivity index (χ1) is 8.04. The van der Waals surface area contributed by atoms with Crippen molar-refractivity contribution < 1.29 is 19.4 Å². The molecule has 0 aromatic rings. The first kappa shape index (κ1) is 13.8. The molecule has 0 radical (unpaired) electrons. The Balaban J connectivity index is 2.27. The number of carboxylic acid groups (broad SMARTS) is 1. The van der Waals surface area contributed by atoms with Gasteiger partial charge in [0.1, 0.15) is 0 Å². The first-order valence-electron chi connectivity index (χ1n) is 5.79. The monoisotopic (exact) mass is 244 g/mol. The molecule has 1 aliphatic rings. The molecule has 17 heavy (non-hydrogen) atoms. The number of nitrogens with zero attached hydrogens (tertiary/aromatic N) is 1. The Bertz CT molecular complexity index is 279. The second kappa shape index (κ2) is 6.44. The second-order valence-corrected chi connectivity index (χ2v) is 4.34. The van der Waals surface area contributed by atoms with Gasteiger partial charge in [-0.3, -0.25) is 4.79 Å². The van der Waals surface area contributed by atoms with Crippen LogP contribution in [0.4, 0.5) is 4.79 Å². The third kappa shape index (κ3) is 4.22. The van der Waals surface area contributed by atoms with Gasteiger partial charge in [0, 0.05) is 26.7 Å². The zero-order valence-corrected chi connectivity index (χ0v) is 10.3. The first-order valence-corrected chi connectivity index (χ1v) is 5.79. The van der Waals surface area contributed by atoms with Crippen molar-refractivity contribution in [3.8, 4) is 0 Å². The molecule has 1 atom stereocenters. The Labute approximate surface area is 101 Å². The highest BCUT2D eigenvalue weighted by atomic mass is 16.5. The van der Waals surface area contributed by atoms with Crippen molar-refractivity contribution in [1.82, 2.24) is 10.2 Å². The number of aliphatic carboxylic acids is 1. The van der Waals surface area contributed by atoms with Gasteiger partial charge in [0.25, 0.3) is 0 Å². The fourth-order valence-corrected chi connectivity index (χ4v) is 1.70. The molecule has 1 rings (SSSR count). The van der Waals surface area contributed by atoms with Gasteiger partial charge in [-0.05, 0) is 19.3 Å². The number of methoxy groups -OCH3 is 1. The molecule has 6 nitrogen and oxygen atoms in total. The van der Waals surface area contributed by atoms with Crippen molar-refractivity contribution in [3.05, 3.63) is 0 Å². The lowest BCUT2D eigenvalue weighted by molar-refractivity contribution is -0.139. The molecular weight excluding hydrogens is 224 g/mol. The smallest absolute Gasteiger partial charge is 0.317 e. The van der Waals surface area contributed by atoms with Crippen LogP contribution < -0.4 is 5.32 Å². The van der Waals surface area contributed by atoms with Gasteiger partial charge in [0.15, 0.2) is 0 Å². The molecule has 2 amide bonds. The lowest BCUT2D eigenvalue weighted by Crippen LogP contribution is -2.48. The van der Waals surface area contributed by atoms with Crippen molar-refractivity contribution in [1.29, 1.82) is 0 Å². The van der Waals surface area contributed by atoms with E-state index in [9.17, 15) is 9.59 Å². The highest BCUT2D eigenvalue weighted by Crippen LogP contribution is 2.23. The topological polar surface area (TPSA) is 78.9 Å². The van der Waals surface area contributed by atoms with Crippen LogP contribution in [0.5, 0.6) is 0 Å². The van der Waals surface area contributed by atoms with Crippen molar-refractivity contribution in [3.63, 3.8) is 0 Å². The number of carbonyl (C=O) groups is 2. The molecule has 0 spiro atoms. The molecule has 2 N–H and O–H groups in total. The summed E-state index contributed by atoms with van der Waals surface area (Å²) in [6.45, 7) is 0.221. The van der Waals surface area contributed by atoms with E-state index < -0.39 is 12.1 Å². The van der Waals surface area contributed by atoms with Gasteiger partial charge in [0.05, 0.1) is 12.5 Å². The maximum atomic E-state index is 11.7. The molecule has 6 heteroatoms. The molecule has 0 aromatic heterocycles. The average molecular weight is 244 g/mol. The number of amides is 2. The quantitative estimate of drug-likeness (QED) is 0.719. The zero-order valence-electron chi connectivity index (χ0n) is 10.3. The molecular formula is C11H20N2O4. The number of hydrogen-bond donors (Lipinski definition) is 2. The SMILES string of the molecule is COC(CNC(=O)N(C)C1CCC1)CC(=O)O. The number of nitrogens with one attached hydrogen (secondary N) is 1. The Hall–Kier alpha value is -1.30. The number of ether oxygens (including phenoxy) is 1. The van der Waals surface area contributed by atoms with Gasteiger partial charge < -0.3 is 20.1 Å². The predicted molar refractivity (Wildman–Crippen MR) is 61.9 cm³/mol. The fraction of sp³-hybridized carbons (Fsp3) is 0.818. The molecule has 0 aliphatic heterocycles. The summed E-state index contributed by atoms with van der Waals surface area (Å²) in [5.74, 6) is -0.932. The zero-order chi connectivity index (χ0) is 12.8. The molecule has 1 fully saturated rings. The summed E-state index contributed by atoms with van der Waals surface area (Å²) in [4.78, 5) is 23.9. The predicted octanol–water partition coefficient (Wildman–Crippen LogP) is 0.670. The Morgan fingerprint density at radius 2 is 2.18 bits per heavy atom. The summed E-state index contributed by atoms with van der Waals surface area (Å²) in [5, 5.41) is 11.3. The van der Waals surface area contributed by atoms with E-state index in [-0.39, 0.29) is 19.0 Å². The van der Waals surface area contributed by atoms with Gasteiger partial charge >= 0.3 is 12.0 Å². The van der Waals surface area contributed by atoms with Crippen molar-refractivity contribution >= 4 is 12.0 Å². The summed E-state index contributed by atoms with van der Waals surface area (Å²) in [7, 11) is 3.20. The van der Waals surface area contributed by atoms with Crippen LogP contribution in [0.25, 0.3) is 0 Å². The number of carboxylic acids is 1. The van der Waals surface area contributed by atoms with Crippen LogP contribution in [0.1, 0.15) is 25.7 Å². The van der Waals surface area contributed by atoms with Gasteiger partial charge in [-0.2, -0.15) is 0 Å². The third-order valence-electron chi connectivity index (χ3n) is 3.16. The highest BCUT2D eigenvalue weighted by Gasteiger charge is 2.25. The molecule has 0 aromatic carbocycles. The van der Waals surface area contributed by atoms with E-state index >= 15 is 0 Å². The summed E-state index contributed by atoms with van der Waals surface area (Å²) >= 11 is 0. The number of carbonyl (C=O) groups excluding carboxylic acids is 1. The minimum Gasteiger partial charge on any atom is -0.481 e. The largest absolute Gasteiger partial charge is 0.481 e. The summed E-state index contributed by atoms with van der Waals surface area (Å²) in [6.07, 6.45) is 2.68. The van der Waals surface area contributed by atoms with Gasteiger partial charge in [0.2, 0.25) is 0 Å². The number of rotatable bonds is 6. The maximum Gasteiger partial charge on any atom is 0.317 e. The normalized spacial score (nSPS) is 17.1. The third-order valence-corrected chi connectivity index (χ3v) is 3.16. The second-order valence-electron chi connectivity index (χ2n) is 4.34. The Morgan fingerprint density at radius 3 is 2.59 bits per heavy atom. The fourth-order valence-electron chi connectivity index (χ4n) is 1.70. The molecule has 1 aliphatic carbocycles. The van der Waals surface area contributed by atoms with Crippen molar-refractivity contribution in [2.45, 2.75) is 37.8 Å². The van der Waals surface area contributed by atoms with E-state index in [0.29, 0.717) is 6.04 Å². The highest BCUT2D eigenvalue weighted by molar-refractivity contribution is 5.74. The minimum atomic E-state index is -0.932. The van der Waals surface area contributed by atoms with E-state index in [4.69, 9.17) is 9.84 Å². The van der Waals surface area contributed by atoms with Crippen molar-refractivity contribution in [2.24, 2.45) is 0 Å². The maximum absolute atomic E-state index is 11.7. The standard InChI is InChI=1S/C11H20N2O4/c1-13(8-4-3-5-8)11(16)12-7-9(17-2)6-10(14)15/h8-9H,3-7H2,1-2H3,(H,12,16)(H,14,15). The lowest BCUT2D eigenvalue weighted by atomic mass is 9.92. The molecule has 98 valence electrons. The summed E-state index contributed by atoms with van der Waals surface area (Å²) < 4.78 is 4.98. The molecule has 1 saturated carbocycles. The molecule has 1 unspecified atom stereocenters. The number of urea groups is 1.